The summed E-state index contributed by atoms with van der Waals surface area (Å²) in [5.41, 5.74) is 2.08. The Morgan fingerprint density at radius 1 is 0.933 bits per heavy atom. The van der Waals surface area contributed by atoms with Crippen LogP contribution < -0.4 is 0 Å². The molecule has 2 nitrogen and oxygen atoms in total. The molecular weight excluding hydrogens is 368 g/mol. The third-order valence-electron chi connectivity index (χ3n) is 10.4. The molecule has 0 aliphatic heterocycles. The molecule has 4 aliphatic rings. The third kappa shape index (κ3) is 3.36. The minimum atomic E-state index is -0.0553. The zero-order valence-electron chi connectivity index (χ0n) is 20.4. The zero-order valence-corrected chi connectivity index (χ0v) is 20.4. The van der Waals surface area contributed by atoms with Gasteiger partial charge in [-0.1, -0.05) is 53.9 Å². The van der Waals surface area contributed by atoms with Gasteiger partial charge in [-0.2, -0.15) is 0 Å². The summed E-state index contributed by atoms with van der Waals surface area (Å²) in [4.78, 5) is 25.7. The van der Waals surface area contributed by atoms with Crippen LogP contribution in [0, 0.1) is 46.3 Å². The molecule has 0 unspecified atom stereocenters. The number of fused-ring (bicyclic) bond motifs is 5. The van der Waals surface area contributed by atoms with E-state index in [1.54, 1.807) is 0 Å². The van der Waals surface area contributed by atoms with Crippen molar-refractivity contribution in [3.05, 3.63) is 11.1 Å². The first-order chi connectivity index (χ1) is 14.1. The average Bonchev–Trinajstić information content (AvgIpc) is 3.02. The summed E-state index contributed by atoms with van der Waals surface area (Å²) in [7, 11) is 0. The highest BCUT2D eigenvalue weighted by Crippen LogP contribution is 2.67. The van der Waals surface area contributed by atoms with Gasteiger partial charge in [0.25, 0.3) is 0 Å². The molecule has 30 heavy (non-hydrogen) atoms. The van der Waals surface area contributed by atoms with Gasteiger partial charge in [0.05, 0.1) is 0 Å². The molecule has 0 aromatic heterocycles. The first-order valence-electron chi connectivity index (χ1n) is 12.9. The van der Waals surface area contributed by atoms with Crippen molar-refractivity contribution in [1.29, 1.82) is 0 Å². The molecule has 0 spiro atoms. The van der Waals surface area contributed by atoms with Crippen LogP contribution in [0.5, 0.6) is 0 Å². The standard InChI is InChI=1S/C28H44O2/c1-17(2)8-7-9-18(3)21-10-11-22-20-16-25(30)26-19(4)24(29)13-15-28(26,6)23(20)12-14-27(21,22)5/h17-18,20-23H,7-16H2,1-6H3/t18-,20+,21-,22+,23+,27-,28-/m1/s1. The smallest absolute Gasteiger partial charge is 0.160 e. The van der Waals surface area contributed by atoms with Gasteiger partial charge >= 0.3 is 0 Å². The molecule has 0 saturated heterocycles. The van der Waals surface area contributed by atoms with Crippen LogP contribution in [0.2, 0.25) is 0 Å². The van der Waals surface area contributed by atoms with Crippen molar-refractivity contribution < 1.29 is 9.59 Å². The van der Waals surface area contributed by atoms with Gasteiger partial charge in [-0.3, -0.25) is 9.59 Å². The summed E-state index contributed by atoms with van der Waals surface area (Å²) in [6.45, 7) is 14.0. The predicted octanol–water partition coefficient (Wildman–Crippen LogP) is 7.17. The summed E-state index contributed by atoms with van der Waals surface area (Å²) in [6.07, 6.45) is 11.6. The molecule has 0 aromatic rings. The second-order valence-corrected chi connectivity index (χ2v) is 12.4. The van der Waals surface area contributed by atoms with Crippen molar-refractivity contribution >= 4 is 11.6 Å². The van der Waals surface area contributed by atoms with Gasteiger partial charge in [-0.05, 0) is 90.9 Å². The normalized spacial score (nSPS) is 42.2. The van der Waals surface area contributed by atoms with E-state index >= 15 is 0 Å². The second-order valence-electron chi connectivity index (χ2n) is 12.4. The van der Waals surface area contributed by atoms with Crippen LogP contribution in [0.4, 0.5) is 0 Å². The van der Waals surface area contributed by atoms with Gasteiger partial charge in [-0.15, -0.1) is 0 Å². The first kappa shape index (κ1) is 22.3. The van der Waals surface area contributed by atoms with E-state index in [0.29, 0.717) is 41.8 Å². The Bertz CT molecular complexity index is 746. The SMILES string of the molecule is CC1=C2C(=O)C[C@H]3[C@@H]4CC[C@H]([C@H](C)CCCC(C)C)[C@@]4(C)CC[C@@H]3[C@@]2(C)CCC1=O. The molecule has 7 atom stereocenters. The highest BCUT2D eigenvalue weighted by molar-refractivity contribution is 6.08. The van der Waals surface area contributed by atoms with Crippen LogP contribution in [0.15, 0.2) is 11.1 Å². The van der Waals surface area contributed by atoms with Gasteiger partial charge < -0.3 is 0 Å². The summed E-state index contributed by atoms with van der Waals surface area (Å²) >= 11 is 0. The van der Waals surface area contributed by atoms with E-state index in [4.69, 9.17) is 0 Å². The van der Waals surface area contributed by atoms with Crippen LogP contribution in [-0.2, 0) is 9.59 Å². The summed E-state index contributed by atoms with van der Waals surface area (Å²) < 4.78 is 0. The molecule has 4 rings (SSSR count). The lowest BCUT2D eigenvalue weighted by Gasteiger charge is -2.58. The quantitative estimate of drug-likeness (QED) is 0.480. The van der Waals surface area contributed by atoms with Crippen LogP contribution >= 0.6 is 0 Å². The zero-order chi connectivity index (χ0) is 21.8. The average molecular weight is 413 g/mol. The van der Waals surface area contributed by atoms with Crippen molar-refractivity contribution in [2.45, 2.75) is 106 Å². The number of carbonyl (C=O) groups excluding carboxylic acids is 2. The van der Waals surface area contributed by atoms with E-state index < -0.39 is 0 Å². The Labute approximate surface area is 184 Å². The molecule has 0 radical (unpaired) electrons. The van der Waals surface area contributed by atoms with E-state index in [-0.39, 0.29) is 11.2 Å². The Balaban J connectivity index is 1.56. The largest absolute Gasteiger partial charge is 0.295 e. The topological polar surface area (TPSA) is 34.1 Å². The van der Waals surface area contributed by atoms with Crippen molar-refractivity contribution in [2.24, 2.45) is 46.3 Å². The maximum absolute atomic E-state index is 13.3. The number of rotatable bonds is 5. The van der Waals surface area contributed by atoms with Crippen LogP contribution in [0.3, 0.4) is 0 Å². The van der Waals surface area contributed by atoms with Crippen LogP contribution in [0.1, 0.15) is 106 Å². The molecule has 0 bridgehead atoms. The van der Waals surface area contributed by atoms with E-state index in [1.165, 1.54) is 44.9 Å². The lowest BCUT2D eigenvalue weighted by molar-refractivity contribution is -0.132. The Kier molecular flexibility index (Phi) is 5.86. The third-order valence-corrected chi connectivity index (χ3v) is 10.4. The minimum absolute atomic E-state index is 0.0553. The van der Waals surface area contributed by atoms with Gasteiger partial charge in [0.1, 0.15) is 0 Å². The maximum Gasteiger partial charge on any atom is 0.160 e. The van der Waals surface area contributed by atoms with Gasteiger partial charge in [0.15, 0.2) is 11.6 Å². The van der Waals surface area contributed by atoms with Crippen molar-refractivity contribution in [1.82, 2.24) is 0 Å². The van der Waals surface area contributed by atoms with Gasteiger partial charge in [0, 0.05) is 18.4 Å². The first-order valence-corrected chi connectivity index (χ1v) is 12.9. The molecule has 3 fully saturated rings. The number of allylic oxidation sites excluding steroid dienone is 1. The number of hydrogen-bond donors (Lipinski definition) is 0. The maximum atomic E-state index is 13.3. The van der Waals surface area contributed by atoms with Gasteiger partial charge in [-0.25, -0.2) is 0 Å². The summed E-state index contributed by atoms with van der Waals surface area (Å²) in [6, 6.07) is 0. The fourth-order valence-electron chi connectivity index (χ4n) is 8.86. The minimum Gasteiger partial charge on any atom is -0.295 e. The molecule has 0 aromatic carbocycles. The fourth-order valence-corrected chi connectivity index (χ4v) is 8.86. The lowest BCUT2D eigenvalue weighted by Crippen LogP contribution is -2.53. The molecular formula is C28H44O2. The Morgan fingerprint density at radius 3 is 2.37 bits per heavy atom. The fraction of sp³-hybridized carbons (Fsp3) is 0.857. The number of hydrogen-bond acceptors (Lipinski definition) is 2. The summed E-state index contributed by atoms with van der Waals surface area (Å²) in [5, 5.41) is 0. The lowest BCUT2D eigenvalue weighted by atomic mass is 9.45. The molecule has 3 saturated carbocycles. The highest BCUT2D eigenvalue weighted by Gasteiger charge is 2.61. The molecule has 4 aliphatic carbocycles. The molecule has 0 amide bonds. The van der Waals surface area contributed by atoms with Crippen molar-refractivity contribution in [3.8, 4) is 0 Å². The number of ketones is 2. The van der Waals surface area contributed by atoms with E-state index in [2.05, 4.69) is 34.6 Å². The van der Waals surface area contributed by atoms with Crippen molar-refractivity contribution in [2.75, 3.05) is 0 Å². The van der Waals surface area contributed by atoms with E-state index in [1.807, 2.05) is 6.92 Å². The van der Waals surface area contributed by atoms with Crippen molar-refractivity contribution in [3.63, 3.8) is 0 Å². The monoisotopic (exact) mass is 412 g/mol. The number of Topliss-reactive ketones (excluding diaryl/α,β-unsaturated/α-hetero) is 2. The van der Waals surface area contributed by atoms with Crippen LogP contribution in [-0.4, -0.2) is 11.6 Å². The molecule has 168 valence electrons. The van der Waals surface area contributed by atoms with Gasteiger partial charge in [0.2, 0.25) is 0 Å². The van der Waals surface area contributed by atoms with E-state index in [0.717, 1.165) is 35.3 Å². The summed E-state index contributed by atoms with van der Waals surface area (Å²) in [5.74, 6) is 4.80. The highest BCUT2D eigenvalue weighted by atomic mass is 16.1. The Hall–Kier alpha value is -0.920. The second kappa shape index (κ2) is 7.89. The predicted molar refractivity (Wildman–Crippen MR) is 123 cm³/mol. The Morgan fingerprint density at radius 2 is 1.67 bits per heavy atom. The van der Waals surface area contributed by atoms with E-state index in [9.17, 15) is 9.59 Å². The molecule has 2 heteroatoms. The molecule has 0 heterocycles. The van der Waals surface area contributed by atoms with Crippen LogP contribution in [0.25, 0.3) is 0 Å². The molecule has 0 N–H and O–H groups in total. The number of carbonyl (C=O) groups is 2.